The van der Waals surface area contributed by atoms with E-state index >= 15 is 0 Å². The zero-order valence-electron chi connectivity index (χ0n) is 15.5. The molecule has 26 heavy (non-hydrogen) atoms. The maximum atomic E-state index is 12.7. The lowest BCUT2D eigenvalue weighted by atomic mass is 9.92. The Balaban J connectivity index is 2.23. The zero-order chi connectivity index (χ0) is 19.2. The Bertz CT molecular complexity index is 723. The van der Waals surface area contributed by atoms with Crippen LogP contribution in [0, 0.1) is 5.92 Å². The summed E-state index contributed by atoms with van der Waals surface area (Å²) in [6, 6.07) is 4.92. The van der Waals surface area contributed by atoms with Gasteiger partial charge < -0.3 is 20.7 Å². The van der Waals surface area contributed by atoms with Gasteiger partial charge in [0.25, 0.3) is 0 Å². The summed E-state index contributed by atoms with van der Waals surface area (Å²) in [4.78, 5) is 12.8. The third-order valence-electron chi connectivity index (χ3n) is 4.44. The monoisotopic (exact) mass is 384 g/mol. The van der Waals surface area contributed by atoms with E-state index in [2.05, 4.69) is 27.6 Å². The van der Waals surface area contributed by atoms with Gasteiger partial charge in [-0.05, 0) is 51.6 Å². The standard InChI is InChI=1S/C17H28N4O4S/c1-12-10-13(6-7-19-12)17(22)21-16-11-14(26(23,24)18-2)4-5-15(16)20-8-9-25-3/h4-5,11-13,18-20H,6-10H2,1-3H3,(H,21,22)/t12-,13-/m0/s1. The molecule has 1 amide bonds. The maximum absolute atomic E-state index is 12.7. The van der Waals surface area contributed by atoms with E-state index < -0.39 is 10.0 Å². The second-order valence-electron chi connectivity index (χ2n) is 6.40. The number of hydrogen-bond donors (Lipinski definition) is 4. The normalized spacial score (nSPS) is 20.6. The number of hydrogen-bond acceptors (Lipinski definition) is 6. The van der Waals surface area contributed by atoms with Crippen LogP contribution in [0.1, 0.15) is 19.8 Å². The second-order valence-corrected chi connectivity index (χ2v) is 8.29. The number of rotatable bonds is 8. The molecule has 1 saturated heterocycles. The van der Waals surface area contributed by atoms with Crippen molar-refractivity contribution in [2.75, 3.05) is 44.5 Å². The number of piperidine rings is 1. The first-order chi connectivity index (χ1) is 12.4. The Hall–Kier alpha value is -1.68. The van der Waals surface area contributed by atoms with Crippen LogP contribution in [-0.2, 0) is 19.6 Å². The van der Waals surface area contributed by atoms with Crippen molar-refractivity contribution in [2.45, 2.75) is 30.7 Å². The van der Waals surface area contributed by atoms with Gasteiger partial charge in [-0.3, -0.25) is 4.79 Å². The predicted octanol–water partition coefficient (Wildman–Crippen LogP) is 0.980. The van der Waals surface area contributed by atoms with Crippen LogP contribution in [0.25, 0.3) is 0 Å². The lowest BCUT2D eigenvalue weighted by Gasteiger charge is -2.27. The van der Waals surface area contributed by atoms with Crippen molar-refractivity contribution < 1.29 is 17.9 Å². The van der Waals surface area contributed by atoms with Gasteiger partial charge in [0.2, 0.25) is 15.9 Å². The molecule has 1 fully saturated rings. The molecule has 0 aromatic heterocycles. The van der Waals surface area contributed by atoms with Gasteiger partial charge in [-0.1, -0.05) is 0 Å². The Morgan fingerprint density at radius 2 is 2.12 bits per heavy atom. The van der Waals surface area contributed by atoms with Gasteiger partial charge in [-0.2, -0.15) is 0 Å². The SMILES string of the molecule is CNS(=O)(=O)c1ccc(NCCOC)c(NC(=O)[C@H]2CCN[C@@H](C)C2)c1. The molecule has 1 aromatic carbocycles. The van der Waals surface area contributed by atoms with Crippen molar-refractivity contribution in [1.29, 1.82) is 0 Å². The summed E-state index contributed by atoms with van der Waals surface area (Å²) in [5, 5.41) is 9.38. The summed E-state index contributed by atoms with van der Waals surface area (Å²) < 4.78 is 31.5. The molecule has 0 saturated carbocycles. The van der Waals surface area contributed by atoms with Crippen molar-refractivity contribution >= 4 is 27.3 Å². The van der Waals surface area contributed by atoms with E-state index in [4.69, 9.17) is 4.74 Å². The largest absolute Gasteiger partial charge is 0.383 e. The second kappa shape index (κ2) is 9.31. The maximum Gasteiger partial charge on any atom is 0.240 e. The molecule has 1 aliphatic heterocycles. The van der Waals surface area contributed by atoms with Crippen molar-refractivity contribution in [3.05, 3.63) is 18.2 Å². The van der Waals surface area contributed by atoms with Crippen LogP contribution in [0.4, 0.5) is 11.4 Å². The third-order valence-corrected chi connectivity index (χ3v) is 5.86. The molecule has 9 heteroatoms. The number of amides is 1. The van der Waals surface area contributed by atoms with Crippen molar-refractivity contribution in [2.24, 2.45) is 5.92 Å². The Morgan fingerprint density at radius 1 is 1.35 bits per heavy atom. The average molecular weight is 385 g/mol. The van der Waals surface area contributed by atoms with E-state index in [1.807, 2.05) is 0 Å². The number of sulfonamides is 1. The van der Waals surface area contributed by atoms with Crippen LogP contribution >= 0.6 is 0 Å². The highest BCUT2D eigenvalue weighted by Crippen LogP contribution is 2.27. The van der Waals surface area contributed by atoms with Crippen molar-refractivity contribution in [3.8, 4) is 0 Å². The molecule has 146 valence electrons. The fourth-order valence-corrected chi connectivity index (χ4v) is 3.71. The highest BCUT2D eigenvalue weighted by atomic mass is 32.2. The summed E-state index contributed by atoms with van der Waals surface area (Å²) in [6.07, 6.45) is 1.52. The van der Waals surface area contributed by atoms with E-state index in [1.165, 1.54) is 19.2 Å². The molecule has 1 heterocycles. The van der Waals surface area contributed by atoms with E-state index in [-0.39, 0.29) is 22.8 Å². The van der Waals surface area contributed by atoms with Gasteiger partial charge in [0.05, 0.1) is 22.9 Å². The van der Waals surface area contributed by atoms with Crippen molar-refractivity contribution in [1.82, 2.24) is 10.0 Å². The minimum atomic E-state index is -3.60. The van der Waals surface area contributed by atoms with Crippen molar-refractivity contribution in [3.63, 3.8) is 0 Å². The Labute approximate surface area is 155 Å². The number of benzene rings is 1. The Morgan fingerprint density at radius 3 is 2.77 bits per heavy atom. The first-order valence-corrected chi connectivity index (χ1v) is 10.2. The number of nitrogens with one attached hydrogen (secondary N) is 4. The van der Waals surface area contributed by atoms with E-state index in [9.17, 15) is 13.2 Å². The fourth-order valence-electron chi connectivity index (χ4n) is 2.96. The molecule has 0 aliphatic carbocycles. The lowest BCUT2D eigenvalue weighted by molar-refractivity contribution is -0.120. The molecule has 0 spiro atoms. The smallest absolute Gasteiger partial charge is 0.240 e. The first kappa shape index (κ1) is 20.6. The van der Waals surface area contributed by atoms with Crippen LogP contribution in [0.15, 0.2) is 23.1 Å². The van der Waals surface area contributed by atoms with Crippen LogP contribution in [-0.4, -0.2) is 54.2 Å². The minimum Gasteiger partial charge on any atom is -0.383 e. The highest BCUT2D eigenvalue weighted by molar-refractivity contribution is 7.89. The van der Waals surface area contributed by atoms with Gasteiger partial charge in [0, 0.05) is 25.6 Å². The highest BCUT2D eigenvalue weighted by Gasteiger charge is 2.25. The number of carbonyl (C=O) groups excluding carboxylic acids is 1. The van der Waals surface area contributed by atoms with Gasteiger partial charge >= 0.3 is 0 Å². The third kappa shape index (κ3) is 5.41. The number of carbonyl (C=O) groups is 1. The number of anilines is 2. The van der Waals surface area contributed by atoms with Crippen LogP contribution in [0.2, 0.25) is 0 Å². The van der Waals surface area contributed by atoms with Gasteiger partial charge in [-0.25, -0.2) is 13.1 Å². The lowest BCUT2D eigenvalue weighted by Crippen LogP contribution is -2.40. The predicted molar refractivity (Wildman–Crippen MR) is 102 cm³/mol. The molecule has 8 nitrogen and oxygen atoms in total. The zero-order valence-corrected chi connectivity index (χ0v) is 16.3. The molecule has 0 bridgehead atoms. The minimum absolute atomic E-state index is 0.0906. The summed E-state index contributed by atoms with van der Waals surface area (Å²) in [6.45, 7) is 3.89. The average Bonchev–Trinajstić information content (AvgIpc) is 2.63. The summed E-state index contributed by atoms with van der Waals surface area (Å²) in [7, 11) is -0.637. The first-order valence-electron chi connectivity index (χ1n) is 8.72. The van der Waals surface area contributed by atoms with Gasteiger partial charge in [-0.15, -0.1) is 0 Å². The molecule has 2 rings (SSSR count). The van der Waals surface area contributed by atoms with Gasteiger partial charge in [0.1, 0.15) is 0 Å². The molecule has 0 unspecified atom stereocenters. The van der Waals surface area contributed by atoms with Crippen LogP contribution in [0.5, 0.6) is 0 Å². The molecular formula is C17H28N4O4S. The van der Waals surface area contributed by atoms with Crippen LogP contribution in [0.3, 0.4) is 0 Å². The quantitative estimate of drug-likeness (QED) is 0.498. The molecular weight excluding hydrogens is 356 g/mol. The molecule has 0 radical (unpaired) electrons. The topological polar surface area (TPSA) is 109 Å². The van der Waals surface area contributed by atoms with E-state index in [0.29, 0.717) is 24.5 Å². The molecule has 4 N–H and O–H groups in total. The summed E-state index contributed by atoms with van der Waals surface area (Å²) in [5.74, 6) is -0.185. The van der Waals surface area contributed by atoms with E-state index in [0.717, 1.165) is 19.4 Å². The summed E-state index contributed by atoms with van der Waals surface area (Å²) >= 11 is 0. The molecule has 1 aromatic rings. The molecule has 1 aliphatic rings. The Kier molecular flexibility index (Phi) is 7.39. The van der Waals surface area contributed by atoms with Gasteiger partial charge in [0.15, 0.2) is 0 Å². The number of ether oxygens (including phenoxy) is 1. The molecule has 2 atom stereocenters. The number of methoxy groups -OCH3 is 1. The summed E-state index contributed by atoms with van der Waals surface area (Å²) in [5.41, 5.74) is 1.11. The van der Waals surface area contributed by atoms with Crippen LogP contribution < -0.4 is 20.7 Å². The fraction of sp³-hybridized carbons (Fsp3) is 0.588. The van der Waals surface area contributed by atoms with E-state index in [1.54, 1.807) is 13.2 Å².